The van der Waals surface area contributed by atoms with E-state index in [-0.39, 0.29) is 23.8 Å². The van der Waals surface area contributed by atoms with Crippen molar-refractivity contribution in [3.8, 4) is 0 Å². The van der Waals surface area contributed by atoms with Crippen molar-refractivity contribution in [2.75, 3.05) is 43.1 Å². The number of aromatic nitrogens is 2. The van der Waals surface area contributed by atoms with Crippen LogP contribution in [0.1, 0.15) is 17.3 Å². The average Bonchev–Trinajstić information content (AvgIpc) is 2.77. The maximum atomic E-state index is 13.0. The Hall–Kier alpha value is -4.03. The van der Waals surface area contributed by atoms with Crippen molar-refractivity contribution in [3.63, 3.8) is 0 Å². The molecule has 1 aromatic heterocycles. The van der Waals surface area contributed by atoms with Gasteiger partial charge in [-0.15, -0.1) is 0 Å². The third-order valence-corrected chi connectivity index (χ3v) is 4.49. The van der Waals surface area contributed by atoms with Crippen LogP contribution in [0.15, 0.2) is 30.6 Å². The first kappa shape index (κ1) is 21.7. The molecule has 2 heterocycles. The summed E-state index contributed by atoms with van der Waals surface area (Å²) in [5.74, 6) is -1.28. The summed E-state index contributed by atoms with van der Waals surface area (Å²) in [6, 6.07) is 4.79. The molecule has 0 bridgehead atoms. The van der Waals surface area contributed by atoms with Gasteiger partial charge in [0, 0.05) is 31.7 Å². The van der Waals surface area contributed by atoms with E-state index >= 15 is 0 Å². The normalized spacial score (nSPS) is 13.5. The Morgan fingerprint density at radius 2 is 1.87 bits per heavy atom. The number of nitro groups is 1. The van der Waals surface area contributed by atoms with Gasteiger partial charge in [-0.25, -0.2) is 19.2 Å². The lowest BCUT2D eigenvalue weighted by Crippen LogP contribution is -2.49. The van der Waals surface area contributed by atoms with Gasteiger partial charge in [0.1, 0.15) is 12.1 Å². The first-order valence-electron chi connectivity index (χ1n) is 9.38. The molecule has 1 aromatic carbocycles. The highest BCUT2D eigenvalue weighted by atomic mass is 19.1. The minimum atomic E-state index is -0.653. The molecule has 13 heteroatoms. The van der Waals surface area contributed by atoms with Crippen LogP contribution in [0.5, 0.6) is 0 Å². The molecule has 2 aromatic rings. The first-order valence-corrected chi connectivity index (χ1v) is 9.38. The number of nitrogens with zero attached hydrogens (tertiary/aromatic N) is 5. The number of hydrogen-bond acceptors (Lipinski definition) is 9. The molecule has 0 radical (unpaired) electrons. The number of amides is 2. The summed E-state index contributed by atoms with van der Waals surface area (Å²) in [5, 5.41) is 11.7. The second-order valence-electron chi connectivity index (χ2n) is 6.41. The van der Waals surface area contributed by atoms with Gasteiger partial charge in [0.15, 0.2) is 0 Å². The van der Waals surface area contributed by atoms with Crippen LogP contribution >= 0.6 is 0 Å². The van der Waals surface area contributed by atoms with E-state index in [1.807, 2.05) is 0 Å². The summed E-state index contributed by atoms with van der Waals surface area (Å²) >= 11 is 0. The molecule has 2 N–H and O–H groups in total. The van der Waals surface area contributed by atoms with E-state index in [2.05, 4.69) is 20.8 Å². The average molecular weight is 433 g/mol. The molecule has 1 aliphatic rings. The van der Waals surface area contributed by atoms with Crippen molar-refractivity contribution in [2.45, 2.75) is 6.92 Å². The predicted octanol–water partition coefficient (Wildman–Crippen LogP) is 1.56. The molecular formula is C18H20FN7O5. The minimum Gasteiger partial charge on any atom is -0.450 e. The van der Waals surface area contributed by atoms with Crippen LogP contribution < -0.4 is 15.8 Å². The lowest BCUT2D eigenvalue weighted by molar-refractivity contribution is -0.383. The van der Waals surface area contributed by atoms with Crippen molar-refractivity contribution in [2.24, 2.45) is 0 Å². The third kappa shape index (κ3) is 5.12. The number of piperazine rings is 1. The number of rotatable bonds is 6. The van der Waals surface area contributed by atoms with Crippen LogP contribution in [0.25, 0.3) is 0 Å². The maximum Gasteiger partial charge on any atom is 0.409 e. The zero-order chi connectivity index (χ0) is 22.4. The van der Waals surface area contributed by atoms with E-state index in [4.69, 9.17) is 4.74 Å². The summed E-state index contributed by atoms with van der Waals surface area (Å²) in [7, 11) is 0. The molecule has 0 saturated carbocycles. The first-order chi connectivity index (χ1) is 14.9. The molecule has 1 saturated heterocycles. The molecule has 31 heavy (non-hydrogen) atoms. The van der Waals surface area contributed by atoms with Gasteiger partial charge in [0.05, 0.1) is 11.5 Å². The standard InChI is InChI=1S/C18H20FN7O5/c1-2-31-18(28)25-9-7-24(8-10-25)16-14(26(29)30)15(20-11-21-16)22-23-17(27)12-3-5-13(19)6-4-12/h3-6,11H,2,7-10H2,1H3,(H,23,27)(H,20,21,22). The van der Waals surface area contributed by atoms with Gasteiger partial charge in [0.2, 0.25) is 11.6 Å². The fourth-order valence-electron chi connectivity index (χ4n) is 2.97. The maximum absolute atomic E-state index is 13.0. The Labute approximate surface area is 176 Å². The minimum absolute atomic E-state index is 0.0574. The largest absolute Gasteiger partial charge is 0.450 e. The molecule has 1 fully saturated rings. The molecule has 0 atom stereocenters. The molecule has 2 amide bonds. The number of hydrogen-bond donors (Lipinski definition) is 2. The SMILES string of the molecule is CCOC(=O)N1CCN(c2ncnc(NNC(=O)c3ccc(F)cc3)c2[N+](=O)[O-])CC1. The fourth-order valence-corrected chi connectivity index (χ4v) is 2.97. The van der Waals surface area contributed by atoms with Crippen LogP contribution in [0.2, 0.25) is 0 Å². The Morgan fingerprint density at radius 1 is 1.19 bits per heavy atom. The molecular weight excluding hydrogens is 413 g/mol. The number of hydrazine groups is 1. The number of carbonyl (C=O) groups excluding carboxylic acids is 2. The molecule has 0 aliphatic carbocycles. The van der Waals surface area contributed by atoms with E-state index in [0.717, 1.165) is 18.5 Å². The number of halogens is 1. The number of ether oxygens (including phenoxy) is 1. The zero-order valence-corrected chi connectivity index (χ0v) is 16.6. The summed E-state index contributed by atoms with van der Waals surface area (Å²) in [5.41, 5.74) is 4.46. The second kappa shape index (κ2) is 9.65. The fraction of sp³-hybridized carbons (Fsp3) is 0.333. The summed E-state index contributed by atoms with van der Waals surface area (Å²) in [6.45, 7) is 3.20. The van der Waals surface area contributed by atoms with Gasteiger partial charge < -0.3 is 14.5 Å². The molecule has 12 nitrogen and oxygen atoms in total. The zero-order valence-electron chi connectivity index (χ0n) is 16.6. The highest BCUT2D eigenvalue weighted by Gasteiger charge is 2.30. The lowest BCUT2D eigenvalue weighted by Gasteiger charge is -2.34. The van der Waals surface area contributed by atoms with Crippen LogP contribution in [-0.2, 0) is 4.74 Å². The smallest absolute Gasteiger partial charge is 0.409 e. The molecule has 3 rings (SSSR count). The highest BCUT2D eigenvalue weighted by molar-refractivity contribution is 5.95. The molecule has 0 spiro atoms. The number of carbonyl (C=O) groups is 2. The van der Waals surface area contributed by atoms with E-state index in [1.54, 1.807) is 11.8 Å². The van der Waals surface area contributed by atoms with Gasteiger partial charge in [-0.2, -0.15) is 0 Å². The van der Waals surface area contributed by atoms with Gasteiger partial charge in [0.25, 0.3) is 5.91 Å². The Kier molecular flexibility index (Phi) is 6.74. The van der Waals surface area contributed by atoms with Crippen molar-refractivity contribution in [1.29, 1.82) is 0 Å². The van der Waals surface area contributed by atoms with Crippen molar-refractivity contribution in [1.82, 2.24) is 20.3 Å². The second-order valence-corrected chi connectivity index (χ2v) is 6.41. The summed E-state index contributed by atoms with van der Waals surface area (Å²) in [4.78, 5) is 46.1. The Balaban J connectivity index is 1.72. The van der Waals surface area contributed by atoms with Crippen molar-refractivity contribution in [3.05, 3.63) is 52.1 Å². The topological polar surface area (TPSA) is 143 Å². The van der Waals surface area contributed by atoms with Gasteiger partial charge in [-0.1, -0.05) is 0 Å². The van der Waals surface area contributed by atoms with Gasteiger partial charge >= 0.3 is 11.8 Å². The van der Waals surface area contributed by atoms with Crippen LogP contribution in [0.4, 0.5) is 26.5 Å². The van der Waals surface area contributed by atoms with E-state index < -0.39 is 28.4 Å². The summed E-state index contributed by atoms with van der Waals surface area (Å²) < 4.78 is 18.0. The highest BCUT2D eigenvalue weighted by Crippen LogP contribution is 2.32. The van der Waals surface area contributed by atoms with Crippen LogP contribution in [0.3, 0.4) is 0 Å². The van der Waals surface area contributed by atoms with Gasteiger partial charge in [-0.05, 0) is 31.2 Å². The van der Waals surface area contributed by atoms with Crippen LogP contribution in [0, 0.1) is 15.9 Å². The molecule has 164 valence electrons. The number of benzene rings is 1. The van der Waals surface area contributed by atoms with Crippen molar-refractivity contribution < 1.29 is 23.6 Å². The van der Waals surface area contributed by atoms with Gasteiger partial charge in [-0.3, -0.25) is 25.8 Å². The van der Waals surface area contributed by atoms with Crippen molar-refractivity contribution >= 4 is 29.3 Å². The number of anilines is 2. The predicted molar refractivity (Wildman–Crippen MR) is 107 cm³/mol. The Morgan fingerprint density at radius 3 is 2.48 bits per heavy atom. The Bertz CT molecular complexity index is 964. The van der Waals surface area contributed by atoms with E-state index in [0.29, 0.717) is 26.2 Å². The lowest BCUT2D eigenvalue weighted by atomic mass is 10.2. The monoisotopic (exact) mass is 433 g/mol. The summed E-state index contributed by atoms with van der Waals surface area (Å²) in [6.07, 6.45) is 0.692. The molecule has 1 aliphatic heterocycles. The quantitative estimate of drug-likeness (QED) is 0.512. The number of nitrogens with one attached hydrogen (secondary N) is 2. The van der Waals surface area contributed by atoms with Crippen LogP contribution in [-0.4, -0.2) is 64.6 Å². The van der Waals surface area contributed by atoms with E-state index in [9.17, 15) is 24.1 Å². The third-order valence-electron chi connectivity index (χ3n) is 4.49. The van der Waals surface area contributed by atoms with E-state index in [1.165, 1.54) is 17.0 Å². The molecule has 0 unspecified atom stereocenters.